The topological polar surface area (TPSA) is 35.2 Å². The van der Waals surface area contributed by atoms with Crippen LogP contribution in [0.25, 0.3) is 0 Å². The molecule has 1 rings (SSSR count). The Morgan fingerprint density at radius 3 is 1.90 bits per heavy atom. The minimum absolute atomic E-state index is 0.741. The van der Waals surface area contributed by atoms with Crippen molar-refractivity contribution in [2.75, 3.05) is 13.2 Å². The van der Waals surface area contributed by atoms with Crippen LogP contribution in [0.3, 0.4) is 0 Å². The van der Waals surface area contributed by atoms with E-state index in [9.17, 15) is 0 Å². The van der Waals surface area contributed by atoms with Gasteiger partial charge in [0.15, 0.2) is 0 Å². The van der Waals surface area contributed by atoms with Gasteiger partial charge in [0.05, 0.1) is 6.61 Å². The minimum atomic E-state index is 0.741. The van der Waals surface area contributed by atoms with E-state index < -0.39 is 0 Å². The maximum atomic E-state index is 5.48. The lowest BCUT2D eigenvalue weighted by Gasteiger charge is -2.05. The van der Waals surface area contributed by atoms with E-state index >= 15 is 0 Å². The van der Waals surface area contributed by atoms with Crippen LogP contribution in [0.1, 0.15) is 63.9 Å². The average molecular weight is 277 g/mol. The zero-order chi connectivity index (χ0) is 14.5. The monoisotopic (exact) mass is 277 g/mol. The van der Waals surface area contributed by atoms with Gasteiger partial charge in [-0.15, -0.1) is 0 Å². The summed E-state index contributed by atoms with van der Waals surface area (Å²) in [6.07, 6.45) is 11.8. The summed E-state index contributed by atoms with van der Waals surface area (Å²) < 4.78 is 5.45. The van der Waals surface area contributed by atoms with Gasteiger partial charge in [-0.25, -0.2) is 0 Å². The maximum absolute atomic E-state index is 5.48. The van der Waals surface area contributed by atoms with Crippen molar-refractivity contribution in [3.8, 4) is 5.75 Å². The average Bonchev–Trinajstić information content (AvgIpc) is 2.47. The summed E-state index contributed by atoms with van der Waals surface area (Å²) in [4.78, 5) is 0. The number of rotatable bonds is 12. The zero-order valence-electron chi connectivity index (χ0n) is 13.1. The van der Waals surface area contributed by atoms with Crippen LogP contribution in [0.5, 0.6) is 5.75 Å². The number of aryl methyl sites for hydroxylation is 1. The highest BCUT2D eigenvalue weighted by molar-refractivity contribution is 5.27. The van der Waals surface area contributed by atoms with Gasteiger partial charge < -0.3 is 10.5 Å². The largest absolute Gasteiger partial charge is 0.494 e. The van der Waals surface area contributed by atoms with E-state index in [1.165, 1.54) is 63.4 Å². The summed E-state index contributed by atoms with van der Waals surface area (Å²) in [6.45, 7) is 3.61. The molecule has 0 aromatic heterocycles. The molecule has 0 spiro atoms. The minimum Gasteiger partial charge on any atom is -0.494 e. The number of ether oxygens (including phenoxy) is 1. The second kappa shape index (κ2) is 11.8. The van der Waals surface area contributed by atoms with Crippen molar-refractivity contribution in [1.29, 1.82) is 0 Å². The van der Waals surface area contributed by atoms with Crippen molar-refractivity contribution in [1.82, 2.24) is 0 Å². The standard InChI is InChI=1S/C18H31NO/c1-2-20-18-14-12-17(13-15-18)11-9-7-5-3-4-6-8-10-16-19/h12-15H,2-11,16,19H2,1H3. The van der Waals surface area contributed by atoms with Crippen LogP contribution >= 0.6 is 0 Å². The van der Waals surface area contributed by atoms with E-state index in [1.54, 1.807) is 0 Å². The lowest BCUT2D eigenvalue weighted by atomic mass is 10.0. The molecule has 0 aliphatic carbocycles. The molecule has 0 radical (unpaired) electrons. The summed E-state index contributed by atoms with van der Waals surface area (Å²) in [5.74, 6) is 0.980. The number of nitrogens with two attached hydrogens (primary N) is 1. The number of hydrogen-bond acceptors (Lipinski definition) is 2. The molecule has 20 heavy (non-hydrogen) atoms. The zero-order valence-corrected chi connectivity index (χ0v) is 13.1. The quantitative estimate of drug-likeness (QED) is 0.562. The molecule has 0 bridgehead atoms. The first-order valence-corrected chi connectivity index (χ1v) is 8.28. The second-order valence-corrected chi connectivity index (χ2v) is 5.44. The maximum Gasteiger partial charge on any atom is 0.119 e. The molecule has 2 N–H and O–H groups in total. The lowest BCUT2D eigenvalue weighted by molar-refractivity contribution is 0.340. The molecule has 2 heteroatoms. The van der Waals surface area contributed by atoms with Gasteiger partial charge in [0.25, 0.3) is 0 Å². The fourth-order valence-electron chi connectivity index (χ4n) is 2.45. The molecule has 0 unspecified atom stereocenters. The first-order chi connectivity index (χ1) is 9.86. The second-order valence-electron chi connectivity index (χ2n) is 5.44. The molecular weight excluding hydrogens is 246 g/mol. The molecule has 0 saturated heterocycles. The Morgan fingerprint density at radius 1 is 0.800 bits per heavy atom. The Labute approximate surface area is 124 Å². The Bertz CT molecular complexity index is 321. The van der Waals surface area contributed by atoms with E-state index in [0.29, 0.717) is 0 Å². The van der Waals surface area contributed by atoms with Gasteiger partial charge in [-0.2, -0.15) is 0 Å². The van der Waals surface area contributed by atoms with Crippen LogP contribution in [-0.2, 0) is 6.42 Å². The molecule has 0 aliphatic heterocycles. The molecule has 0 fully saturated rings. The lowest BCUT2D eigenvalue weighted by Crippen LogP contribution is -1.97. The van der Waals surface area contributed by atoms with E-state index in [0.717, 1.165) is 18.9 Å². The molecule has 0 amide bonds. The van der Waals surface area contributed by atoms with Gasteiger partial charge in [0.1, 0.15) is 5.75 Å². The highest BCUT2D eigenvalue weighted by Gasteiger charge is 1.96. The van der Waals surface area contributed by atoms with E-state index in [1.807, 2.05) is 6.92 Å². The molecule has 114 valence electrons. The Kier molecular flexibility index (Phi) is 10.0. The Hall–Kier alpha value is -1.02. The van der Waals surface area contributed by atoms with Crippen molar-refractivity contribution in [2.45, 2.75) is 64.7 Å². The van der Waals surface area contributed by atoms with Crippen LogP contribution < -0.4 is 10.5 Å². The van der Waals surface area contributed by atoms with Crippen molar-refractivity contribution < 1.29 is 4.74 Å². The van der Waals surface area contributed by atoms with Gasteiger partial charge in [0.2, 0.25) is 0 Å². The van der Waals surface area contributed by atoms with Crippen molar-refractivity contribution >= 4 is 0 Å². The van der Waals surface area contributed by atoms with Crippen LogP contribution in [-0.4, -0.2) is 13.2 Å². The summed E-state index contributed by atoms with van der Waals surface area (Å²) in [5, 5.41) is 0. The molecule has 1 aromatic rings. The molecule has 0 aliphatic rings. The van der Waals surface area contributed by atoms with E-state index in [2.05, 4.69) is 24.3 Å². The Morgan fingerprint density at radius 2 is 1.35 bits per heavy atom. The van der Waals surface area contributed by atoms with Crippen molar-refractivity contribution in [2.24, 2.45) is 5.73 Å². The Balaban J connectivity index is 1.98. The summed E-state index contributed by atoms with van der Waals surface area (Å²) in [5.41, 5.74) is 6.91. The molecular formula is C18H31NO. The van der Waals surface area contributed by atoms with Gasteiger partial charge >= 0.3 is 0 Å². The summed E-state index contributed by atoms with van der Waals surface area (Å²) in [6, 6.07) is 8.54. The third-order valence-electron chi connectivity index (χ3n) is 3.65. The highest BCUT2D eigenvalue weighted by Crippen LogP contribution is 2.15. The van der Waals surface area contributed by atoms with Crippen LogP contribution in [0.2, 0.25) is 0 Å². The smallest absolute Gasteiger partial charge is 0.119 e. The molecule has 0 atom stereocenters. The van der Waals surface area contributed by atoms with Gasteiger partial charge in [-0.3, -0.25) is 0 Å². The first kappa shape index (κ1) is 17.0. The van der Waals surface area contributed by atoms with Crippen LogP contribution in [0, 0.1) is 0 Å². The summed E-state index contributed by atoms with van der Waals surface area (Å²) in [7, 11) is 0. The van der Waals surface area contributed by atoms with Gasteiger partial charge in [-0.1, -0.05) is 50.7 Å². The first-order valence-electron chi connectivity index (χ1n) is 8.28. The highest BCUT2D eigenvalue weighted by atomic mass is 16.5. The third kappa shape index (κ3) is 8.21. The molecule has 2 nitrogen and oxygen atoms in total. The van der Waals surface area contributed by atoms with Gasteiger partial charge in [0, 0.05) is 0 Å². The van der Waals surface area contributed by atoms with Crippen molar-refractivity contribution in [3.63, 3.8) is 0 Å². The van der Waals surface area contributed by atoms with E-state index in [4.69, 9.17) is 10.5 Å². The molecule has 0 heterocycles. The molecule has 0 saturated carbocycles. The van der Waals surface area contributed by atoms with Crippen LogP contribution in [0.15, 0.2) is 24.3 Å². The van der Waals surface area contributed by atoms with Crippen molar-refractivity contribution in [3.05, 3.63) is 29.8 Å². The normalized spacial score (nSPS) is 10.7. The summed E-state index contributed by atoms with van der Waals surface area (Å²) >= 11 is 0. The third-order valence-corrected chi connectivity index (χ3v) is 3.65. The SMILES string of the molecule is CCOc1ccc(CCCCCCCCCCN)cc1. The van der Waals surface area contributed by atoms with E-state index in [-0.39, 0.29) is 0 Å². The number of unbranched alkanes of at least 4 members (excludes halogenated alkanes) is 7. The fraction of sp³-hybridized carbons (Fsp3) is 0.667. The molecule has 1 aromatic carbocycles. The fourth-order valence-corrected chi connectivity index (χ4v) is 2.45. The predicted molar refractivity (Wildman–Crippen MR) is 87.3 cm³/mol. The predicted octanol–water partition coefficient (Wildman–Crippen LogP) is 4.71. The van der Waals surface area contributed by atoms with Crippen LogP contribution in [0.4, 0.5) is 0 Å². The van der Waals surface area contributed by atoms with Gasteiger partial charge in [-0.05, 0) is 50.4 Å². The number of benzene rings is 1. The number of hydrogen-bond donors (Lipinski definition) is 1.